The number of hydrogen-bond acceptors (Lipinski definition) is 3. The molecule has 3 heteroatoms. The second kappa shape index (κ2) is 5.11. The zero-order valence-corrected chi connectivity index (χ0v) is 16.2. The van der Waals surface area contributed by atoms with Gasteiger partial charge < -0.3 is 4.74 Å². The lowest BCUT2D eigenvalue weighted by Gasteiger charge is -2.57. The van der Waals surface area contributed by atoms with Crippen LogP contribution in [0.5, 0.6) is 0 Å². The summed E-state index contributed by atoms with van der Waals surface area (Å²) in [5, 5.41) is 0. The Labute approximate surface area is 156 Å². The molecule has 1 spiro atoms. The number of hydrogen-bond donors (Lipinski definition) is 0. The number of carbonyl (C=O) groups excluding carboxylic acids is 2. The first-order chi connectivity index (χ1) is 12.3. The van der Waals surface area contributed by atoms with E-state index in [2.05, 4.69) is 32.9 Å². The van der Waals surface area contributed by atoms with E-state index in [1.165, 1.54) is 12.0 Å². The Morgan fingerprint density at radius 2 is 1.92 bits per heavy atom. The zero-order valence-electron chi connectivity index (χ0n) is 16.2. The highest BCUT2D eigenvalue weighted by molar-refractivity contribution is 5.92. The van der Waals surface area contributed by atoms with Crippen LogP contribution in [-0.2, 0) is 14.3 Å². The number of carbonyl (C=O) groups is 2. The Morgan fingerprint density at radius 3 is 2.65 bits per heavy atom. The number of esters is 1. The van der Waals surface area contributed by atoms with Gasteiger partial charge in [0.1, 0.15) is 5.60 Å². The van der Waals surface area contributed by atoms with Gasteiger partial charge in [-0.15, -0.1) is 0 Å². The maximum atomic E-state index is 12.0. The molecule has 0 radical (unpaired) electrons. The predicted molar refractivity (Wildman–Crippen MR) is 99.2 cm³/mol. The van der Waals surface area contributed by atoms with Crippen LogP contribution in [0.15, 0.2) is 23.8 Å². The average Bonchev–Trinajstić information content (AvgIpc) is 3.06. The van der Waals surface area contributed by atoms with Gasteiger partial charge in [0.15, 0.2) is 5.78 Å². The lowest BCUT2D eigenvalue weighted by atomic mass is 9.47. The fourth-order valence-corrected chi connectivity index (χ4v) is 7.87. The molecule has 1 aliphatic heterocycles. The highest BCUT2D eigenvalue weighted by Gasteiger charge is 2.68. The van der Waals surface area contributed by atoms with E-state index in [1.54, 1.807) is 0 Å². The Kier molecular flexibility index (Phi) is 3.30. The van der Waals surface area contributed by atoms with Crippen LogP contribution >= 0.6 is 0 Å². The van der Waals surface area contributed by atoms with Gasteiger partial charge in [-0.05, 0) is 72.8 Å². The lowest BCUT2D eigenvalue weighted by Crippen LogP contribution is -2.54. The fraction of sp³-hybridized carbons (Fsp3) is 0.739. The first-order valence-electron chi connectivity index (χ1n) is 10.4. The summed E-state index contributed by atoms with van der Waals surface area (Å²) >= 11 is 0. The maximum absolute atomic E-state index is 12.0. The minimum atomic E-state index is -0.230. The van der Waals surface area contributed by atoms with Crippen LogP contribution < -0.4 is 0 Å². The lowest BCUT2D eigenvalue weighted by molar-refractivity contribution is -0.165. The normalized spacial score (nSPS) is 52.3. The van der Waals surface area contributed by atoms with E-state index < -0.39 is 0 Å². The summed E-state index contributed by atoms with van der Waals surface area (Å²) in [5.74, 6) is 2.58. The van der Waals surface area contributed by atoms with Crippen LogP contribution in [0.1, 0.15) is 65.7 Å². The fourth-order valence-electron chi connectivity index (χ4n) is 7.87. The molecule has 0 aromatic rings. The molecule has 7 atom stereocenters. The number of rotatable bonds is 0. The van der Waals surface area contributed by atoms with Crippen LogP contribution in [0.2, 0.25) is 0 Å². The highest BCUT2D eigenvalue weighted by Crippen LogP contribution is 2.70. The molecular formula is C23H30O3. The van der Waals surface area contributed by atoms with E-state index in [4.69, 9.17) is 4.74 Å². The molecule has 0 unspecified atom stereocenters. The largest absolute Gasteiger partial charge is 0.458 e. The summed E-state index contributed by atoms with van der Waals surface area (Å²) in [5.41, 5.74) is 1.25. The standard InChI is InChI=1S/C23H30O3/c1-14-13-23(11-8-19(25)26-23)22(3)10-7-18-17(20(14)22)5-4-15-12-16(24)6-9-21(15,18)2/h4-5,12,14,17-18,20H,6-11,13H2,1-3H3/t14-,17-,18+,20+,21+,22+,23+/m1/s1. The Morgan fingerprint density at radius 1 is 1.12 bits per heavy atom. The molecule has 5 rings (SSSR count). The predicted octanol–water partition coefficient (Wildman–Crippen LogP) is 4.62. The van der Waals surface area contributed by atoms with E-state index in [0.717, 1.165) is 25.7 Å². The van der Waals surface area contributed by atoms with Crippen LogP contribution in [0, 0.1) is 34.5 Å². The van der Waals surface area contributed by atoms with Crippen molar-refractivity contribution in [1.82, 2.24) is 0 Å². The minimum absolute atomic E-state index is 0.00311. The molecule has 2 saturated carbocycles. The average molecular weight is 354 g/mol. The Bertz CT molecular complexity index is 749. The molecule has 0 amide bonds. The summed E-state index contributed by atoms with van der Waals surface area (Å²) in [4.78, 5) is 24.0. The van der Waals surface area contributed by atoms with Gasteiger partial charge in [-0.3, -0.25) is 9.59 Å². The van der Waals surface area contributed by atoms with Gasteiger partial charge in [0.25, 0.3) is 0 Å². The minimum Gasteiger partial charge on any atom is -0.458 e. The van der Waals surface area contributed by atoms with E-state index in [9.17, 15) is 9.59 Å². The van der Waals surface area contributed by atoms with Crippen LogP contribution in [0.3, 0.4) is 0 Å². The quantitative estimate of drug-likeness (QED) is 0.596. The van der Waals surface area contributed by atoms with Crippen LogP contribution in [0.4, 0.5) is 0 Å². The van der Waals surface area contributed by atoms with E-state index in [-0.39, 0.29) is 28.2 Å². The van der Waals surface area contributed by atoms with E-state index in [1.807, 2.05) is 6.08 Å². The summed E-state index contributed by atoms with van der Waals surface area (Å²) in [6.45, 7) is 7.17. The van der Waals surface area contributed by atoms with Crippen molar-refractivity contribution in [3.8, 4) is 0 Å². The second-order valence-corrected chi connectivity index (χ2v) is 10.2. The molecule has 0 bridgehead atoms. The van der Waals surface area contributed by atoms with Crippen LogP contribution in [0.25, 0.3) is 0 Å². The summed E-state index contributed by atoms with van der Waals surface area (Å²) in [7, 11) is 0. The number of ether oxygens (including phenoxy) is 1. The van der Waals surface area contributed by atoms with Crippen molar-refractivity contribution < 1.29 is 14.3 Å². The number of allylic oxidation sites excluding steroid dienone is 4. The molecule has 0 aromatic heterocycles. The molecule has 4 aliphatic carbocycles. The van der Waals surface area contributed by atoms with Crippen molar-refractivity contribution in [3.63, 3.8) is 0 Å². The smallest absolute Gasteiger partial charge is 0.306 e. The molecule has 3 fully saturated rings. The molecule has 0 N–H and O–H groups in total. The monoisotopic (exact) mass is 354 g/mol. The number of fused-ring (bicyclic) bond motifs is 6. The van der Waals surface area contributed by atoms with Gasteiger partial charge in [0, 0.05) is 18.3 Å². The molecule has 140 valence electrons. The van der Waals surface area contributed by atoms with Crippen LogP contribution in [-0.4, -0.2) is 17.4 Å². The first-order valence-corrected chi connectivity index (χ1v) is 10.4. The molecule has 5 aliphatic rings. The van der Waals surface area contributed by atoms with E-state index >= 15 is 0 Å². The number of ketones is 1. The highest BCUT2D eigenvalue weighted by atomic mass is 16.6. The third-order valence-corrected chi connectivity index (χ3v) is 9.12. The van der Waals surface area contributed by atoms with Crippen molar-refractivity contribution in [2.24, 2.45) is 34.5 Å². The molecule has 0 aromatic carbocycles. The SMILES string of the molecule is C[C@@H]1C[C@@]2(CCC(=O)O2)[C@@]2(C)CC[C@H]3[C@@H](C=CC4=CC(=O)CC[C@@]43C)[C@H]12. The van der Waals surface area contributed by atoms with Crippen molar-refractivity contribution in [3.05, 3.63) is 23.8 Å². The van der Waals surface area contributed by atoms with Gasteiger partial charge in [-0.1, -0.05) is 32.9 Å². The second-order valence-electron chi connectivity index (χ2n) is 10.2. The molecule has 26 heavy (non-hydrogen) atoms. The molecular weight excluding hydrogens is 324 g/mol. The first kappa shape index (κ1) is 16.8. The third-order valence-electron chi connectivity index (χ3n) is 9.12. The van der Waals surface area contributed by atoms with Crippen molar-refractivity contribution in [2.45, 2.75) is 71.3 Å². The van der Waals surface area contributed by atoms with Crippen molar-refractivity contribution in [2.75, 3.05) is 0 Å². The zero-order chi connectivity index (χ0) is 18.3. The molecule has 1 saturated heterocycles. The molecule has 1 heterocycles. The summed E-state index contributed by atoms with van der Waals surface area (Å²) in [6.07, 6.45) is 13.1. The third kappa shape index (κ3) is 1.90. The van der Waals surface area contributed by atoms with Gasteiger partial charge in [0.2, 0.25) is 0 Å². The summed E-state index contributed by atoms with van der Waals surface area (Å²) < 4.78 is 6.06. The van der Waals surface area contributed by atoms with E-state index in [0.29, 0.717) is 36.5 Å². The van der Waals surface area contributed by atoms with Gasteiger partial charge in [-0.25, -0.2) is 0 Å². The molecule has 3 nitrogen and oxygen atoms in total. The van der Waals surface area contributed by atoms with Gasteiger partial charge in [0.05, 0.1) is 0 Å². The van der Waals surface area contributed by atoms with Gasteiger partial charge in [-0.2, -0.15) is 0 Å². The Balaban J connectivity index is 1.57. The summed E-state index contributed by atoms with van der Waals surface area (Å²) in [6, 6.07) is 0. The van der Waals surface area contributed by atoms with Gasteiger partial charge >= 0.3 is 5.97 Å². The van der Waals surface area contributed by atoms with Crippen molar-refractivity contribution >= 4 is 11.8 Å². The Hall–Kier alpha value is -1.38. The topological polar surface area (TPSA) is 43.4 Å². The maximum Gasteiger partial charge on any atom is 0.306 e. The van der Waals surface area contributed by atoms with Crippen molar-refractivity contribution in [1.29, 1.82) is 0 Å².